The Bertz CT molecular complexity index is 789. The highest BCUT2D eigenvalue weighted by Crippen LogP contribution is 2.16. The number of aryl methyl sites for hydroxylation is 1. The molecule has 0 radical (unpaired) electrons. The van der Waals surface area contributed by atoms with E-state index in [0.717, 1.165) is 11.0 Å². The molecule has 0 bridgehead atoms. The Balaban J connectivity index is 2.68. The van der Waals surface area contributed by atoms with Crippen molar-refractivity contribution in [3.63, 3.8) is 0 Å². The van der Waals surface area contributed by atoms with Crippen molar-refractivity contribution >= 4 is 21.8 Å². The largest absolute Gasteiger partial charge is 0.343 e. The van der Waals surface area contributed by atoms with E-state index in [1.165, 1.54) is 0 Å². The van der Waals surface area contributed by atoms with E-state index in [0.29, 0.717) is 16.8 Å². The summed E-state index contributed by atoms with van der Waals surface area (Å²) in [5, 5.41) is 1.31. The van der Waals surface area contributed by atoms with E-state index in [2.05, 4.69) is 0 Å². The Morgan fingerprint density at radius 1 is 1.00 bits per heavy atom. The molecule has 3 rings (SSSR count). The molecule has 2 nitrogen and oxygen atoms in total. The second-order valence-corrected chi connectivity index (χ2v) is 3.85. The van der Waals surface area contributed by atoms with Crippen molar-refractivity contribution in [3.8, 4) is 0 Å². The highest BCUT2D eigenvalue weighted by molar-refractivity contribution is 5.93. The number of nitrogens with zero attached hydrogens (tertiary/aromatic N) is 1. The zero-order valence-corrected chi connectivity index (χ0v) is 8.90. The minimum absolute atomic E-state index is 0.00259. The van der Waals surface area contributed by atoms with Gasteiger partial charge in [0.05, 0.1) is 12.4 Å². The third-order valence-electron chi connectivity index (χ3n) is 2.96. The van der Waals surface area contributed by atoms with Gasteiger partial charge in [0.15, 0.2) is 5.43 Å². The van der Waals surface area contributed by atoms with Crippen LogP contribution in [0.1, 0.15) is 1.37 Å². The summed E-state index contributed by atoms with van der Waals surface area (Å²) < 4.78 is 9.60. The van der Waals surface area contributed by atoms with Gasteiger partial charge in [-0.2, -0.15) is 0 Å². The van der Waals surface area contributed by atoms with Crippen LogP contribution in [0, 0.1) is 0 Å². The zero-order chi connectivity index (χ0) is 12.0. The Morgan fingerprint density at radius 3 is 2.44 bits per heavy atom. The van der Waals surface area contributed by atoms with Crippen LogP contribution >= 0.6 is 0 Å². The van der Waals surface area contributed by atoms with Crippen LogP contribution in [-0.2, 0) is 7.05 Å². The molecule has 2 aromatic carbocycles. The summed E-state index contributed by atoms with van der Waals surface area (Å²) in [5.74, 6) is 0. The molecule has 1 heterocycles. The van der Waals surface area contributed by atoms with E-state index in [4.69, 9.17) is 1.37 Å². The molecular formula is C14H11NO. The summed E-state index contributed by atoms with van der Waals surface area (Å²) in [6, 6.07) is 13.1. The summed E-state index contributed by atoms with van der Waals surface area (Å²) in [4.78, 5) is 12.3. The smallest absolute Gasteiger partial charge is 0.197 e. The van der Waals surface area contributed by atoms with Crippen LogP contribution in [0.5, 0.6) is 0 Å². The molecule has 0 unspecified atom stereocenters. The fourth-order valence-corrected chi connectivity index (χ4v) is 2.13. The molecule has 1 aromatic heterocycles. The molecule has 0 aliphatic rings. The third-order valence-corrected chi connectivity index (χ3v) is 2.96. The van der Waals surface area contributed by atoms with E-state index < -0.39 is 0 Å². The number of fused-ring (bicyclic) bond motifs is 2. The van der Waals surface area contributed by atoms with Gasteiger partial charge in [-0.1, -0.05) is 24.2 Å². The molecule has 0 saturated carbocycles. The van der Waals surface area contributed by atoms with E-state index in [1.54, 1.807) is 12.1 Å². The van der Waals surface area contributed by atoms with Crippen LogP contribution < -0.4 is 5.43 Å². The molecule has 2 heteroatoms. The lowest BCUT2D eigenvalue weighted by atomic mass is 10.1. The van der Waals surface area contributed by atoms with Gasteiger partial charge in [-0.25, -0.2) is 0 Å². The summed E-state index contributed by atoms with van der Waals surface area (Å²) in [5.41, 5.74) is 1.79. The summed E-state index contributed by atoms with van der Waals surface area (Å²) >= 11 is 0. The molecule has 0 saturated heterocycles. The normalized spacial score (nSPS) is 11.9. The number of benzene rings is 2. The van der Waals surface area contributed by atoms with Gasteiger partial charge in [0, 0.05) is 17.8 Å². The maximum absolute atomic E-state index is 12.3. The number of hydrogen-bond acceptors (Lipinski definition) is 1. The van der Waals surface area contributed by atoms with Gasteiger partial charge < -0.3 is 4.57 Å². The van der Waals surface area contributed by atoms with Gasteiger partial charge in [0.25, 0.3) is 0 Å². The number of aromatic nitrogens is 1. The predicted molar refractivity (Wildman–Crippen MR) is 66.7 cm³/mol. The van der Waals surface area contributed by atoms with Crippen LogP contribution in [0.4, 0.5) is 0 Å². The minimum Gasteiger partial charge on any atom is -0.343 e. The lowest BCUT2D eigenvalue weighted by Gasteiger charge is -2.09. The molecule has 0 fully saturated rings. The molecule has 0 amide bonds. The highest BCUT2D eigenvalue weighted by Gasteiger charge is 2.06. The van der Waals surface area contributed by atoms with E-state index in [9.17, 15) is 4.79 Å². The van der Waals surface area contributed by atoms with Crippen molar-refractivity contribution in [3.05, 3.63) is 58.7 Å². The lowest BCUT2D eigenvalue weighted by Crippen LogP contribution is -2.08. The van der Waals surface area contributed by atoms with Crippen LogP contribution in [0.25, 0.3) is 21.8 Å². The van der Waals surface area contributed by atoms with Crippen molar-refractivity contribution in [2.75, 3.05) is 0 Å². The van der Waals surface area contributed by atoms with Gasteiger partial charge in [-0.15, -0.1) is 0 Å². The number of hydrogen-bond donors (Lipinski definition) is 0. The molecule has 0 spiro atoms. The van der Waals surface area contributed by atoms with E-state index in [-0.39, 0.29) is 5.43 Å². The zero-order valence-electron chi connectivity index (χ0n) is 9.90. The average molecular weight is 211 g/mol. The summed E-state index contributed by atoms with van der Waals surface area (Å²) in [6.07, 6.45) is 0. The van der Waals surface area contributed by atoms with Crippen molar-refractivity contribution in [1.82, 2.24) is 4.57 Å². The van der Waals surface area contributed by atoms with E-state index in [1.807, 2.05) is 41.9 Å². The summed E-state index contributed by atoms with van der Waals surface area (Å²) in [7, 11) is 1.94. The maximum atomic E-state index is 12.3. The number of pyridine rings is 1. The first-order chi connectivity index (χ1) is 8.18. The summed E-state index contributed by atoms with van der Waals surface area (Å²) in [6.45, 7) is 0. The van der Waals surface area contributed by atoms with Crippen LogP contribution in [0.3, 0.4) is 0 Å². The predicted octanol–water partition coefficient (Wildman–Crippen LogP) is 2.69. The van der Waals surface area contributed by atoms with Gasteiger partial charge in [-0.05, 0) is 24.3 Å². The molecule has 3 aromatic rings. The number of para-hydroxylation sites is 2. The minimum atomic E-state index is 0.00259. The highest BCUT2D eigenvalue weighted by atomic mass is 16.1. The van der Waals surface area contributed by atoms with Crippen LogP contribution in [0.15, 0.2) is 53.3 Å². The van der Waals surface area contributed by atoms with Gasteiger partial charge in [0.1, 0.15) is 0 Å². The Kier molecular flexibility index (Phi) is 1.62. The van der Waals surface area contributed by atoms with E-state index >= 15 is 0 Å². The third kappa shape index (κ3) is 1.10. The SMILES string of the molecule is [3H]c1ccc2c(c1)c(=O)c1ccccc1n2C. The van der Waals surface area contributed by atoms with Crippen molar-refractivity contribution in [2.45, 2.75) is 0 Å². The maximum Gasteiger partial charge on any atom is 0.197 e. The topological polar surface area (TPSA) is 22.0 Å². The Labute approximate surface area is 94.2 Å². The molecule has 0 N–H and O–H groups in total. The second-order valence-electron chi connectivity index (χ2n) is 3.85. The van der Waals surface area contributed by atoms with Crippen LogP contribution in [0.2, 0.25) is 0 Å². The molecule has 16 heavy (non-hydrogen) atoms. The first-order valence-corrected chi connectivity index (χ1v) is 5.16. The first kappa shape index (κ1) is 8.11. The standard InChI is InChI=1S/C14H11NO/c1-15-12-8-4-2-6-10(12)14(16)11-7-3-5-9-13(11)15/h2-9H,1H3/i2T. The van der Waals surface area contributed by atoms with Gasteiger partial charge >= 0.3 is 0 Å². The molecular weight excluding hydrogens is 198 g/mol. The van der Waals surface area contributed by atoms with Gasteiger partial charge in [-0.3, -0.25) is 4.79 Å². The van der Waals surface area contributed by atoms with Crippen molar-refractivity contribution in [1.29, 1.82) is 0 Å². The average Bonchev–Trinajstić information content (AvgIpc) is 2.36. The lowest BCUT2D eigenvalue weighted by molar-refractivity contribution is 1.00. The monoisotopic (exact) mass is 211 g/mol. The quantitative estimate of drug-likeness (QED) is 0.524. The molecule has 0 aliphatic carbocycles. The Morgan fingerprint density at radius 2 is 1.62 bits per heavy atom. The second kappa shape index (κ2) is 3.20. The van der Waals surface area contributed by atoms with Crippen molar-refractivity contribution < 1.29 is 1.37 Å². The van der Waals surface area contributed by atoms with Crippen LogP contribution in [-0.4, -0.2) is 4.57 Å². The Hall–Kier alpha value is -2.09. The molecule has 0 atom stereocenters. The molecule has 0 aliphatic heterocycles. The van der Waals surface area contributed by atoms with Crippen molar-refractivity contribution in [2.24, 2.45) is 7.05 Å². The van der Waals surface area contributed by atoms with Gasteiger partial charge in [0.2, 0.25) is 0 Å². The number of rotatable bonds is 0. The molecule has 78 valence electrons. The fraction of sp³-hybridized carbons (Fsp3) is 0.0714. The first-order valence-electron chi connectivity index (χ1n) is 5.66. The fourth-order valence-electron chi connectivity index (χ4n) is 2.13.